The maximum atomic E-state index is 11.5. The number of aromatic nitrogens is 2. The average Bonchev–Trinajstić information content (AvgIpc) is 2.92. The van der Waals surface area contributed by atoms with E-state index in [4.69, 9.17) is 4.42 Å². The molecule has 0 aliphatic rings. The Balaban J connectivity index is 2.16. The molecule has 1 N–H and O–H groups in total. The minimum atomic E-state index is -3.21. The summed E-state index contributed by atoms with van der Waals surface area (Å²) in [6.45, 7) is 1.86. The van der Waals surface area contributed by atoms with Gasteiger partial charge in [-0.2, -0.15) is 0 Å². The summed E-state index contributed by atoms with van der Waals surface area (Å²) < 4.78 is 28.3. The first-order valence-electron chi connectivity index (χ1n) is 5.69. The highest BCUT2D eigenvalue weighted by molar-refractivity contribution is 7.90. The van der Waals surface area contributed by atoms with Crippen LogP contribution >= 0.6 is 0 Å². The molecule has 0 saturated carbocycles. The monoisotopic (exact) mass is 276 g/mol. The number of rotatable bonds is 2. The SMILES string of the molecule is Cc1cc(-c2nc3ccc(S(C)(=O)=O)cc3[nH]2)co1. The smallest absolute Gasteiger partial charge is 0.175 e. The van der Waals surface area contributed by atoms with Gasteiger partial charge in [0.05, 0.1) is 21.5 Å². The molecule has 3 aromatic rings. The van der Waals surface area contributed by atoms with Crippen LogP contribution in [0.4, 0.5) is 0 Å². The number of sulfone groups is 1. The molecular formula is C13H12N2O3S. The lowest BCUT2D eigenvalue weighted by molar-refractivity contribution is 0.534. The molecule has 5 nitrogen and oxygen atoms in total. The predicted octanol–water partition coefficient (Wildman–Crippen LogP) is 2.53. The van der Waals surface area contributed by atoms with Crippen molar-refractivity contribution >= 4 is 20.9 Å². The Morgan fingerprint density at radius 1 is 1.26 bits per heavy atom. The summed E-state index contributed by atoms with van der Waals surface area (Å²) in [6.07, 6.45) is 2.80. The molecule has 1 aromatic carbocycles. The van der Waals surface area contributed by atoms with E-state index < -0.39 is 9.84 Å². The van der Waals surface area contributed by atoms with Crippen LogP contribution in [0.1, 0.15) is 5.76 Å². The third-order valence-corrected chi connectivity index (χ3v) is 4.00. The van der Waals surface area contributed by atoms with Crippen LogP contribution in [-0.4, -0.2) is 24.6 Å². The Hall–Kier alpha value is -2.08. The highest BCUT2D eigenvalue weighted by Crippen LogP contribution is 2.24. The molecule has 2 heterocycles. The molecule has 0 amide bonds. The lowest BCUT2D eigenvalue weighted by atomic mass is 10.3. The Morgan fingerprint density at radius 3 is 2.68 bits per heavy atom. The largest absolute Gasteiger partial charge is 0.469 e. The van der Waals surface area contributed by atoms with E-state index in [-0.39, 0.29) is 4.90 Å². The molecule has 0 aliphatic carbocycles. The average molecular weight is 276 g/mol. The van der Waals surface area contributed by atoms with Crippen LogP contribution in [0.2, 0.25) is 0 Å². The van der Waals surface area contributed by atoms with Crippen molar-refractivity contribution in [3.05, 3.63) is 36.3 Å². The van der Waals surface area contributed by atoms with E-state index in [1.54, 1.807) is 24.5 Å². The third-order valence-electron chi connectivity index (χ3n) is 2.89. The van der Waals surface area contributed by atoms with Crippen molar-refractivity contribution in [2.75, 3.05) is 6.26 Å². The predicted molar refractivity (Wildman–Crippen MR) is 71.6 cm³/mol. The van der Waals surface area contributed by atoms with E-state index in [9.17, 15) is 8.42 Å². The zero-order chi connectivity index (χ0) is 13.6. The Bertz CT molecular complexity index is 859. The summed E-state index contributed by atoms with van der Waals surface area (Å²) in [5.41, 5.74) is 2.26. The standard InChI is InChI=1S/C13H12N2O3S/c1-8-5-9(7-18-8)13-14-11-4-3-10(19(2,16)17)6-12(11)15-13/h3-7H,1-2H3,(H,14,15). The number of nitrogens with one attached hydrogen (secondary N) is 1. The van der Waals surface area contributed by atoms with Gasteiger partial charge in [-0.25, -0.2) is 13.4 Å². The topological polar surface area (TPSA) is 76.0 Å². The number of benzene rings is 1. The number of furan rings is 1. The Morgan fingerprint density at radius 2 is 2.05 bits per heavy atom. The van der Waals surface area contributed by atoms with Crippen LogP contribution < -0.4 is 0 Å². The summed E-state index contributed by atoms with van der Waals surface area (Å²) in [4.78, 5) is 7.79. The van der Waals surface area contributed by atoms with Crippen LogP contribution in [-0.2, 0) is 9.84 Å². The van der Waals surface area contributed by atoms with Crippen LogP contribution in [0, 0.1) is 6.92 Å². The molecule has 0 saturated heterocycles. The number of H-pyrrole nitrogens is 1. The molecule has 0 fully saturated rings. The van der Waals surface area contributed by atoms with Crippen LogP contribution in [0.5, 0.6) is 0 Å². The first kappa shape index (κ1) is 12.0. The summed E-state index contributed by atoms with van der Waals surface area (Å²) >= 11 is 0. The second-order valence-corrected chi connectivity index (χ2v) is 6.50. The molecule has 3 rings (SSSR count). The Kier molecular flexibility index (Phi) is 2.50. The fraction of sp³-hybridized carbons (Fsp3) is 0.154. The van der Waals surface area contributed by atoms with Gasteiger partial charge in [0.15, 0.2) is 9.84 Å². The molecule has 2 aromatic heterocycles. The number of nitrogens with zero attached hydrogens (tertiary/aromatic N) is 1. The normalized spacial score (nSPS) is 12.1. The summed E-state index contributed by atoms with van der Waals surface area (Å²) in [5.74, 6) is 1.46. The third kappa shape index (κ3) is 2.15. The fourth-order valence-electron chi connectivity index (χ4n) is 1.92. The lowest BCUT2D eigenvalue weighted by Crippen LogP contribution is -1.96. The molecule has 6 heteroatoms. The van der Waals surface area contributed by atoms with Crippen molar-refractivity contribution in [1.29, 1.82) is 0 Å². The van der Waals surface area contributed by atoms with Crippen LogP contribution in [0.3, 0.4) is 0 Å². The van der Waals surface area contributed by atoms with Crippen molar-refractivity contribution in [1.82, 2.24) is 9.97 Å². The maximum absolute atomic E-state index is 11.5. The second kappa shape index (κ2) is 3.96. The zero-order valence-corrected chi connectivity index (χ0v) is 11.3. The van der Waals surface area contributed by atoms with E-state index in [0.29, 0.717) is 11.3 Å². The number of hydrogen-bond acceptors (Lipinski definition) is 4. The number of aromatic amines is 1. The van der Waals surface area contributed by atoms with E-state index in [1.807, 2.05) is 13.0 Å². The number of imidazole rings is 1. The molecular weight excluding hydrogens is 264 g/mol. The highest BCUT2D eigenvalue weighted by atomic mass is 32.2. The minimum Gasteiger partial charge on any atom is -0.469 e. The zero-order valence-electron chi connectivity index (χ0n) is 10.5. The van der Waals surface area contributed by atoms with Gasteiger partial charge in [-0.05, 0) is 31.2 Å². The van der Waals surface area contributed by atoms with Crippen molar-refractivity contribution in [2.24, 2.45) is 0 Å². The van der Waals surface area contributed by atoms with Gasteiger partial charge in [-0.3, -0.25) is 0 Å². The molecule has 0 radical (unpaired) electrons. The molecule has 0 atom stereocenters. The first-order chi connectivity index (χ1) is 8.93. The summed E-state index contributed by atoms with van der Waals surface area (Å²) in [6, 6.07) is 6.71. The number of aryl methyl sites for hydroxylation is 1. The molecule has 0 bridgehead atoms. The van der Waals surface area contributed by atoms with Gasteiger partial charge in [-0.1, -0.05) is 0 Å². The van der Waals surface area contributed by atoms with Gasteiger partial charge in [0.2, 0.25) is 0 Å². The minimum absolute atomic E-state index is 0.276. The van der Waals surface area contributed by atoms with Gasteiger partial charge in [0.1, 0.15) is 17.8 Å². The summed E-state index contributed by atoms with van der Waals surface area (Å²) in [7, 11) is -3.21. The number of fused-ring (bicyclic) bond motifs is 1. The molecule has 0 aliphatic heterocycles. The second-order valence-electron chi connectivity index (χ2n) is 4.48. The van der Waals surface area contributed by atoms with Crippen molar-refractivity contribution in [3.8, 4) is 11.4 Å². The van der Waals surface area contributed by atoms with E-state index in [1.165, 1.54) is 6.26 Å². The molecule has 0 spiro atoms. The summed E-state index contributed by atoms with van der Waals surface area (Å²) in [5, 5.41) is 0. The van der Waals surface area contributed by atoms with Crippen LogP contribution in [0.15, 0.2) is 39.8 Å². The van der Waals surface area contributed by atoms with Crippen molar-refractivity contribution < 1.29 is 12.8 Å². The van der Waals surface area contributed by atoms with E-state index in [0.717, 1.165) is 16.8 Å². The van der Waals surface area contributed by atoms with Crippen molar-refractivity contribution in [3.63, 3.8) is 0 Å². The quantitative estimate of drug-likeness (QED) is 0.780. The van der Waals surface area contributed by atoms with Gasteiger partial charge >= 0.3 is 0 Å². The maximum Gasteiger partial charge on any atom is 0.175 e. The fourth-order valence-corrected chi connectivity index (χ4v) is 2.57. The highest BCUT2D eigenvalue weighted by Gasteiger charge is 2.11. The van der Waals surface area contributed by atoms with Gasteiger partial charge in [0, 0.05) is 6.26 Å². The molecule has 0 unspecified atom stereocenters. The van der Waals surface area contributed by atoms with E-state index >= 15 is 0 Å². The van der Waals surface area contributed by atoms with Crippen molar-refractivity contribution in [2.45, 2.75) is 11.8 Å². The lowest BCUT2D eigenvalue weighted by Gasteiger charge is -1.96. The molecule has 98 valence electrons. The van der Waals surface area contributed by atoms with Gasteiger partial charge in [0.25, 0.3) is 0 Å². The van der Waals surface area contributed by atoms with Gasteiger partial charge < -0.3 is 9.40 Å². The van der Waals surface area contributed by atoms with Gasteiger partial charge in [-0.15, -0.1) is 0 Å². The number of hydrogen-bond donors (Lipinski definition) is 1. The first-order valence-corrected chi connectivity index (χ1v) is 7.58. The Labute approximate surface area is 110 Å². The molecule has 19 heavy (non-hydrogen) atoms. The van der Waals surface area contributed by atoms with E-state index in [2.05, 4.69) is 9.97 Å². The van der Waals surface area contributed by atoms with Crippen LogP contribution in [0.25, 0.3) is 22.4 Å².